The van der Waals surface area contributed by atoms with Gasteiger partial charge in [-0.2, -0.15) is 0 Å². The van der Waals surface area contributed by atoms with E-state index in [1.807, 2.05) is 0 Å². The summed E-state index contributed by atoms with van der Waals surface area (Å²) >= 11 is 0. The molecule has 1 unspecified atom stereocenters. The third kappa shape index (κ3) is 10.5. The lowest BCUT2D eigenvalue weighted by Crippen LogP contribution is -2.32. The van der Waals surface area contributed by atoms with E-state index in [2.05, 4.69) is 17.9 Å². The molecule has 92 valence electrons. The molecule has 5 nitrogen and oxygen atoms in total. The van der Waals surface area contributed by atoms with E-state index in [4.69, 9.17) is 5.11 Å². The molecule has 0 spiro atoms. The second-order valence-corrected chi connectivity index (χ2v) is 3.10. The molecule has 0 heterocycles. The molecule has 0 aliphatic rings. The van der Waals surface area contributed by atoms with E-state index >= 15 is 0 Å². The maximum atomic E-state index is 10.2. The molecular weight excluding hydrogens is 210 g/mol. The fourth-order valence-corrected chi connectivity index (χ4v) is 0.421. The van der Waals surface area contributed by atoms with Gasteiger partial charge in [-0.25, -0.2) is 4.79 Å². The van der Waals surface area contributed by atoms with Gasteiger partial charge in [0.1, 0.15) is 12.6 Å². The Kier molecular flexibility index (Phi) is 10.4. The summed E-state index contributed by atoms with van der Waals surface area (Å²) in [5.74, 6) is -1.19. The Labute approximate surface area is 96.0 Å². The highest BCUT2D eigenvalue weighted by Crippen LogP contribution is 1.88. The van der Waals surface area contributed by atoms with Gasteiger partial charge in [-0.15, -0.1) is 0 Å². The van der Waals surface area contributed by atoms with E-state index < -0.39 is 11.9 Å². The minimum Gasteiger partial charge on any atom is -0.480 e. The molecule has 5 heteroatoms. The standard InChI is InChI=1S/C6H8O2.C5H11NO2/c1-3-5-8-6(7)4-2;1-4(5(7)8)6(2)3/h3-4H,1-2,5H2;4H,1-3H3,(H,7,8). The Balaban J connectivity index is 0. The van der Waals surface area contributed by atoms with Gasteiger partial charge < -0.3 is 9.84 Å². The van der Waals surface area contributed by atoms with E-state index in [0.29, 0.717) is 0 Å². The highest BCUT2D eigenvalue weighted by molar-refractivity contribution is 5.81. The number of carboxylic acids is 1. The van der Waals surface area contributed by atoms with E-state index in [-0.39, 0.29) is 12.6 Å². The van der Waals surface area contributed by atoms with Crippen LogP contribution in [0.1, 0.15) is 6.92 Å². The summed E-state index contributed by atoms with van der Waals surface area (Å²) in [6, 6.07) is -0.380. The predicted molar refractivity (Wildman–Crippen MR) is 62.1 cm³/mol. The lowest BCUT2D eigenvalue weighted by Gasteiger charge is -2.13. The van der Waals surface area contributed by atoms with Crippen molar-refractivity contribution in [1.82, 2.24) is 4.90 Å². The van der Waals surface area contributed by atoms with E-state index in [9.17, 15) is 9.59 Å². The first-order valence-corrected chi connectivity index (χ1v) is 4.66. The summed E-state index contributed by atoms with van der Waals surface area (Å²) in [7, 11) is 3.47. The number of carbonyl (C=O) groups is 2. The fraction of sp³-hybridized carbons (Fsp3) is 0.455. The number of carboxylic acid groups (broad SMARTS) is 1. The van der Waals surface area contributed by atoms with Crippen molar-refractivity contribution in [3.8, 4) is 0 Å². The molecule has 0 aromatic rings. The van der Waals surface area contributed by atoms with Crippen LogP contribution < -0.4 is 0 Å². The Morgan fingerprint density at radius 3 is 2.12 bits per heavy atom. The first-order valence-electron chi connectivity index (χ1n) is 4.66. The zero-order valence-corrected chi connectivity index (χ0v) is 9.97. The molecule has 1 N–H and O–H groups in total. The number of hydrogen-bond acceptors (Lipinski definition) is 4. The van der Waals surface area contributed by atoms with Crippen LogP contribution in [-0.2, 0) is 14.3 Å². The zero-order chi connectivity index (χ0) is 13.1. The molecule has 0 aromatic heterocycles. The molecule has 0 fully saturated rings. The lowest BCUT2D eigenvalue weighted by atomic mass is 10.3. The highest BCUT2D eigenvalue weighted by atomic mass is 16.5. The summed E-state index contributed by atoms with van der Waals surface area (Å²) in [4.78, 5) is 21.9. The summed E-state index contributed by atoms with van der Waals surface area (Å²) < 4.78 is 4.47. The highest BCUT2D eigenvalue weighted by Gasteiger charge is 2.11. The lowest BCUT2D eigenvalue weighted by molar-refractivity contribution is -0.141. The summed E-state index contributed by atoms with van der Waals surface area (Å²) in [6.07, 6.45) is 2.62. The molecule has 0 saturated heterocycles. The maximum Gasteiger partial charge on any atom is 0.330 e. The molecule has 0 bridgehead atoms. The summed E-state index contributed by atoms with van der Waals surface area (Å²) in [6.45, 7) is 8.46. The van der Waals surface area contributed by atoms with Crippen LogP contribution in [0.4, 0.5) is 0 Å². The summed E-state index contributed by atoms with van der Waals surface area (Å²) in [5, 5.41) is 8.31. The number of aliphatic carboxylic acids is 1. The SMILES string of the molecule is C=CCOC(=O)C=C.CC(C(=O)O)N(C)C. The van der Waals surface area contributed by atoms with E-state index in [1.165, 1.54) is 6.08 Å². The largest absolute Gasteiger partial charge is 0.480 e. The van der Waals surface area contributed by atoms with Crippen molar-refractivity contribution in [2.24, 2.45) is 0 Å². The van der Waals surface area contributed by atoms with Crippen LogP contribution in [-0.4, -0.2) is 48.7 Å². The zero-order valence-electron chi connectivity index (χ0n) is 9.97. The third-order valence-electron chi connectivity index (χ3n) is 1.64. The Bertz CT molecular complexity index is 248. The van der Waals surface area contributed by atoms with Crippen LogP contribution in [0, 0.1) is 0 Å². The monoisotopic (exact) mass is 229 g/mol. The molecule has 0 amide bonds. The smallest absolute Gasteiger partial charge is 0.330 e. The van der Waals surface area contributed by atoms with Gasteiger partial charge in [0.05, 0.1) is 0 Å². The van der Waals surface area contributed by atoms with E-state index in [1.54, 1.807) is 25.9 Å². The maximum absolute atomic E-state index is 10.2. The number of rotatable bonds is 5. The van der Waals surface area contributed by atoms with Crippen molar-refractivity contribution in [1.29, 1.82) is 0 Å². The summed E-state index contributed by atoms with van der Waals surface area (Å²) in [5.41, 5.74) is 0. The minimum atomic E-state index is -0.782. The molecule has 0 rings (SSSR count). The van der Waals surface area contributed by atoms with Gasteiger partial charge in [-0.1, -0.05) is 19.2 Å². The molecule has 16 heavy (non-hydrogen) atoms. The van der Waals surface area contributed by atoms with Crippen molar-refractivity contribution in [3.05, 3.63) is 25.3 Å². The number of likely N-dealkylation sites (N-methyl/N-ethyl adjacent to an activating group) is 1. The van der Waals surface area contributed by atoms with Crippen LogP contribution in [0.3, 0.4) is 0 Å². The third-order valence-corrected chi connectivity index (χ3v) is 1.64. The molecule has 0 aliphatic heterocycles. The Morgan fingerprint density at radius 1 is 1.44 bits per heavy atom. The van der Waals surface area contributed by atoms with Crippen LogP contribution in [0.2, 0.25) is 0 Å². The second kappa shape index (κ2) is 9.92. The van der Waals surface area contributed by atoms with Crippen molar-refractivity contribution in [3.63, 3.8) is 0 Å². The van der Waals surface area contributed by atoms with Gasteiger partial charge in [0.2, 0.25) is 0 Å². The molecule has 0 saturated carbocycles. The molecule has 0 radical (unpaired) electrons. The molecule has 0 aliphatic carbocycles. The second-order valence-electron chi connectivity index (χ2n) is 3.10. The molecule has 0 aromatic carbocycles. The number of nitrogens with zero attached hydrogens (tertiary/aromatic N) is 1. The van der Waals surface area contributed by atoms with Gasteiger partial charge in [-0.3, -0.25) is 9.69 Å². The van der Waals surface area contributed by atoms with Crippen LogP contribution in [0.15, 0.2) is 25.3 Å². The average molecular weight is 229 g/mol. The van der Waals surface area contributed by atoms with E-state index in [0.717, 1.165) is 6.08 Å². The predicted octanol–water partition coefficient (Wildman–Crippen LogP) is 0.923. The first kappa shape index (κ1) is 16.8. The number of ether oxygens (including phenoxy) is 1. The number of hydrogen-bond donors (Lipinski definition) is 1. The van der Waals surface area contributed by atoms with Gasteiger partial charge in [0.15, 0.2) is 0 Å². The van der Waals surface area contributed by atoms with Gasteiger partial charge in [0, 0.05) is 6.08 Å². The molecular formula is C11H19NO4. The van der Waals surface area contributed by atoms with Crippen molar-refractivity contribution >= 4 is 11.9 Å². The van der Waals surface area contributed by atoms with Crippen LogP contribution >= 0.6 is 0 Å². The van der Waals surface area contributed by atoms with Gasteiger partial charge >= 0.3 is 11.9 Å². The van der Waals surface area contributed by atoms with Crippen LogP contribution in [0.25, 0.3) is 0 Å². The van der Waals surface area contributed by atoms with Crippen molar-refractivity contribution in [2.75, 3.05) is 20.7 Å². The topological polar surface area (TPSA) is 66.8 Å². The Hall–Kier alpha value is -1.62. The van der Waals surface area contributed by atoms with Gasteiger partial charge in [0.25, 0.3) is 0 Å². The molecule has 1 atom stereocenters. The quantitative estimate of drug-likeness (QED) is 0.431. The van der Waals surface area contributed by atoms with Crippen LogP contribution in [0.5, 0.6) is 0 Å². The number of carbonyl (C=O) groups excluding carboxylic acids is 1. The number of esters is 1. The van der Waals surface area contributed by atoms with Crippen molar-refractivity contribution in [2.45, 2.75) is 13.0 Å². The first-order chi connectivity index (χ1) is 7.36. The van der Waals surface area contributed by atoms with Gasteiger partial charge in [-0.05, 0) is 21.0 Å². The average Bonchev–Trinajstić information content (AvgIpc) is 2.25. The van der Waals surface area contributed by atoms with Crippen molar-refractivity contribution < 1.29 is 19.4 Å². The minimum absolute atomic E-state index is 0.255. The fourth-order valence-electron chi connectivity index (χ4n) is 0.421. The Morgan fingerprint density at radius 2 is 1.94 bits per heavy atom. The normalized spacial score (nSPS) is 10.8.